The molecule has 0 saturated heterocycles. The van der Waals surface area contributed by atoms with Crippen LogP contribution in [0.25, 0.3) is 11.4 Å². The summed E-state index contributed by atoms with van der Waals surface area (Å²) in [7, 11) is 1.89. The molecule has 1 heterocycles. The maximum absolute atomic E-state index is 9.41. The van der Waals surface area contributed by atoms with Crippen LogP contribution in [0.15, 0.2) is 28.8 Å². The summed E-state index contributed by atoms with van der Waals surface area (Å²) in [5, 5.41) is 23.5. The number of nitrogens with zero attached hydrogens (tertiary/aromatic N) is 3. The van der Waals surface area contributed by atoms with Gasteiger partial charge in [-0.3, -0.25) is 4.90 Å². The van der Waals surface area contributed by atoms with E-state index >= 15 is 0 Å². The number of hydrogen-bond acceptors (Lipinski definition) is 6. The summed E-state index contributed by atoms with van der Waals surface area (Å²) in [4.78, 5) is 6.39. The first kappa shape index (κ1) is 17.9. The molecule has 2 N–H and O–H groups in total. The van der Waals surface area contributed by atoms with E-state index in [1.54, 1.807) is 12.1 Å². The van der Waals surface area contributed by atoms with Crippen LogP contribution in [-0.4, -0.2) is 52.1 Å². The molecule has 23 heavy (non-hydrogen) atoms. The summed E-state index contributed by atoms with van der Waals surface area (Å²) in [6.07, 6.45) is 0. The summed E-state index contributed by atoms with van der Waals surface area (Å²) < 4.78 is 5.35. The van der Waals surface area contributed by atoms with Crippen molar-refractivity contribution in [3.05, 3.63) is 35.2 Å². The van der Waals surface area contributed by atoms with E-state index in [-0.39, 0.29) is 19.3 Å². The summed E-state index contributed by atoms with van der Waals surface area (Å²) in [5.74, 6) is 0.986. The zero-order valence-electron chi connectivity index (χ0n) is 13.5. The van der Waals surface area contributed by atoms with E-state index in [1.807, 2.05) is 37.9 Å². The molecule has 0 saturated carbocycles. The Hall–Kier alpha value is -1.47. The van der Waals surface area contributed by atoms with Gasteiger partial charge in [0.15, 0.2) is 0 Å². The maximum atomic E-state index is 9.41. The monoisotopic (exact) mass is 339 g/mol. The Morgan fingerprint density at radius 3 is 2.43 bits per heavy atom. The second-order valence-corrected chi connectivity index (χ2v) is 6.62. The minimum absolute atomic E-state index is 0.0968. The average Bonchev–Trinajstić information content (AvgIpc) is 3.04. The van der Waals surface area contributed by atoms with E-state index in [1.165, 1.54) is 0 Å². The molecular weight excluding hydrogens is 318 g/mol. The zero-order chi connectivity index (χ0) is 17.0. The van der Waals surface area contributed by atoms with Crippen molar-refractivity contribution in [3.63, 3.8) is 0 Å². The highest BCUT2D eigenvalue weighted by Crippen LogP contribution is 2.25. The van der Waals surface area contributed by atoms with Crippen LogP contribution in [0.5, 0.6) is 0 Å². The van der Waals surface area contributed by atoms with Crippen LogP contribution in [0, 0.1) is 5.41 Å². The highest BCUT2D eigenvalue weighted by atomic mass is 35.5. The Kier molecular flexibility index (Phi) is 5.75. The Balaban J connectivity index is 2.11. The van der Waals surface area contributed by atoms with E-state index < -0.39 is 5.41 Å². The van der Waals surface area contributed by atoms with Gasteiger partial charge in [-0.05, 0) is 38.2 Å². The molecule has 2 aromatic rings. The van der Waals surface area contributed by atoms with Gasteiger partial charge in [0, 0.05) is 22.5 Å². The fourth-order valence-corrected chi connectivity index (χ4v) is 2.32. The molecule has 0 radical (unpaired) electrons. The molecule has 0 aliphatic heterocycles. The largest absolute Gasteiger partial charge is 0.396 e. The van der Waals surface area contributed by atoms with Gasteiger partial charge in [0.1, 0.15) is 0 Å². The van der Waals surface area contributed by atoms with Gasteiger partial charge in [-0.2, -0.15) is 4.98 Å². The predicted octanol–water partition coefficient (Wildman–Crippen LogP) is 2.37. The molecule has 0 amide bonds. The average molecular weight is 340 g/mol. The second kappa shape index (κ2) is 7.40. The lowest BCUT2D eigenvalue weighted by atomic mass is 9.92. The number of aliphatic hydroxyl groups excluding tert-OH is 2. The number of hydrogen-bond donors (Lipinski definition) is 2. The van der Waals surface area contributed by atoms with Crippen molar-refractivity contribution in [3.8, 4) is 11.4 Å². The lowest BCUT2D eigenvalue weighted by Crippen LogP contribution is -2.40. The van der Waals surface area contributed by atoms with Gasteiger partial charge in [0.2, 0.25) is 11.7 Å². The third kappa shape index (κ3) is 4.29. The number of rotatable bonds is 7. The molecule has 0 bridgehead atoms. The topological polar surface area (TPSA) is 82.6 Å². The zero-order valence-corrected chi connectivity index (χ0v) is 14.3. The normalized spacial score (nSPS) is 13.5. The van der Waals surface area contributed by atoms with Crippen LogP contribution in [0.1, 0.15) is 25.8 Å². The van der Waals surface area contributed by atoms with Gasteiger partial charge >= 0.3 is 0 Å². The first-order valence-electron chi connectivity index (χ1n) is 7.40. The van der Waals surface area contributed by atoms with Crippen molar-refractivity contribution in [1.29, 1.82) is 0 Å². The highest BCUT2D eigenvalue weighted by Gasteiger charge is 2.28. The van der Waals surface area contributed by atoms with E-state index in [0.717, 1.165) is 5.56 Å². The van der Waals surface area contributed by atoms with Gasteiger partial charge < -0.3 is 14.7 Å². The molecule has 1 aromatic carbocycles. The SMILES string of the molecule is CC(c1nc(-c2ccc(Cl)cc2)no1)N(C)CC(C)(CO)CO. The molecule has 6 nitrogen and oxygen atoms in total. The maximum Gasteiger partial charge on any atom is 0.244 e. The molecular formula is C16H22ClN3O3. The third-order valence-electron chi connectivity index (χ3n) is 3.96. The lowest BCUT2D eigenvalue weighted by molar-refractivity contribution is 0.0287. The molecule has 0 aliphatic carbocycles. The lowest BCUT2D eigenvalue weighted by Gasteiger charge is -2.32. The summed E-state index contributed by atoms with van der Waals surface area (Å²) in [6, 6.07) is 7.08. The van der Waals surface area contributed by atoms with E-state index in [9.17, 15) is 10.2 Å². The quantitative estimate of drug-likeness (QED) is 0.806. The predicted molar refractivity (Wildman–Crippen MR) is 88.1 cm³/mol. The van der Waals surface area contributed by atoms with E-state index in [4.69, 9.17) is 16.1 Å². The van der Waals surface area contributed by atoms with E-state index in [0.29, 0.717) is 23.3 Å². The summed E-state index contributed by atoms with van der Waals surface area (Å²) in [5.41, 5.74) is 0.247. The van der Waals surface area contributed by atoms with Crippen LogP contribution < -0.4 is 0 Å². The smallest absolute Gasteiger partial charge is 0.244 e. The van der Waals surface area contributed by atoms with E-state index in [2.05, 4.69) is 10.1 Å². The number of benzene rings is 1. The molecule has 1 aromatic heterocycles. The molecule has 126 valence electrons. The van der Waals surface area contributed by atoms with Crippen molar-refractivity contribution >= 4 is 11.6 Å². The first-order chi connectivity index (χ1) is 10.9. The van der Waals surface area contributed by atoms with Crippen molar-refractivity contribution < 1.29 is 14.7 Å². The number of aliphatic hydroxyl groups is 2. The van der Waals surface area contributed by atoms with Gasteiger partial charge in [-0.25, -0.2) is 0 Å². The fraction of sp³-hybridized carbons (Fsp3) is 0.500. The van der Waals surface area contributed by atoms with Gasteiger partial charge in [0.05, 0.1) is 19.3 Å². The van der Waals surface area contributed by atoms with Gasteiger partial charge in [-0.15, -0.1) is 0 Å². The molecule has 0 aliphatic rings. The Bertz CT molecular complexity index is 626. The Morgan fingerprint density at radius 1 is 1.26 bits per heavy atom. The van der Waals surface area contributed by atoms with Crippen LogP contribution in [-0.2, 0) is 0 Å². The highest BCUT2D eigenvalue weighted by molar-refractivity contribution is 6.30. The van der Waals surface area contributed by atoms with Crippen molar-refractivity contribution in [2.75, 3.05) is 26.8 Å². The van der Waals surface area contributed by atoms with Crippen LogP contribution in [0.4, 0.5) is 0 Å². The fourth-order valence-electron chi connectivity index (χ4n) is 2.20. The van der Waals surface area contributed by atoms with Crippen LogP contribution >= 0.6 is 11.6 Å². The van der Waals surface area contributed by atoms with Crippen molar-refractivity contribution in [2.45, 2.75) is 19.9 Å². The van der Waals surface area contributed by atoms with Crippen molar-refractivity contribution in [1.82, 2.24) is 15.0 Å². The molecule has 7 heteroatoms. The minimum atomic E-state index is -0.581. The molecule has 0 fully saturated rings. The summed E-state index contributed by atoms with van der Waals surface area (Å²) in [6.45, 7) is 4.07. The third-order valence-corrected chi connectivity index (χ3v) is 4.21. The first-order valence-corrected chi connectivity index (χ1v) is 7.78. The molecule has 1 atom stereocenters. The van der Waals surface area contributed by atoms with Gasteiger partial charge in [-0.1, -0.05) is 23.7 Å². The van der Waals surface area contributed by atoms with Crippen LogP contribution in [0.2, 0.25) is 5.02 Å². The summed E-state index contributed by atoms with van der Waals surface area (Å²) >= 11 is 5.87. The number of halogens is 1. The second-order valence-electron chi connectivity index (χ2n) is 6.18. The minimum Gasteiger partial charge on any atom is -0.396 e. The van der Waals surface area contributed by atoms with Crippen LogP contribution in [0.3, 0.4) is 0 Å². The number of aromatic nitrogens is 2. The van der Waals surface area contributed by atoms with Crippen molar-refractivity contribution in [2.24, 2.45) is 5.41 Å². The Morgan fingerprint density at radius 2 is 1.87 bits per heavy atom. The van der Waals surface area contributed by atoms with Gasteiger partial charge in [0.25, 0.3) is 0 Å². The molecule has 0 spiro atoms. The Labute approximate surface area is 140 Å². The molecule has 2 rings (SSSR count). The standard InChI is InChI=1S/C16H22ClN3O3/c1-11(20(3)8-16(2,9-21)10-22)15-18-14(19-23-15)12-4-6-13(17)7-5-12/h4-7,11,21-22H,8-10H2,1-3H3. The molecule has 1 unspecified atom stereocenters.